The average Bonchev–Trinajstić information content (AvgIpc) is 2.71. The Morgan fingerprint density at radius 3 is 2.32 bits per heavy atom. The van der Waals surface area contributed by atoms with Crippen LogP contribution in [0.1, 0.15) is 24.3 Å². The Bertz CT molecular complexity index is 435. The van der Waals surface area contributed by atoms with Gasteiger partial charge in [0.2, 0.25) is 0 Å². The molecule has 0 aliphatic carbocycles. The number of benzene rings is 1. The summed E-state index contributed by atoms with van der Waals surface area (Å²) in [7, 11) is 10.3. The molecular weight excluding hydrogens is 231 g/mol. The van der Waals surface area contributed by atoms with E-state index in [2.05, 4.69) is 48.2 Å². The Labute approximate surface area is 118 Å². The lowest BCUT2D eigenvalue weighted by Crippen LogP contribution is -2.42. The topological polar surface area (TPSA) is 6.48 Å². The number of rotatable bonds is 1. The van der Waals surface area contributed by atoms with Gasteiger partial charge in [0.15, 0.2) is 0 Å². The molecule has 2 fully saturated rings. The Kier molecular flexibility index (Phi) is 3.44. The van der Waals surface area contributed by atoms with Crippen molar-refractivity contribution in [2.45, 2.75) is 18.8 Å². The van der Waals surface area contributed by atoms with Gasteiger partial charge in [-0.05, 0) is 51.0 Å². The smallest absolute Gasteiger partial charge is 0.113 e. The molecule has 19 heavy (non-hydrogen) atoms. The third-order valence-electron chi connectivity index (χ3n) is 5.14. The number of hydrogen-bond acceptors (Lipinski definition) is 2. The highest BCUT2D eigenvalue weighted by atomic mass is 15.2. The number of hydrogen-bond donors (Lipinski definition) is 0. The van der Waals surface area contributed by atoms with Crippen LogP contribution in [-0.2, 0) is 0 Å². The van der Waals surface area contributed by atoms with Crippen LogP contribution >= 0.6 is 0 Å². The van der Waals surface area contributed by atoms with E-state index < -0.39 is 0 Å². The van der Waals surface area contributed by atoms with Gasteiger partial charge < -0.3 is 9.80 Å². The summed E-state index contributed by atoms with van der Waals surface area (Å²) < 4.78 is 0. The normalized spacial score (nSPS) is 28.0. The number of likely N-dealkylation sites (N-methyl/N-ethyl adjacent to an activating group) is 1. The maximum atomic E-state index is 5.82. The van der Waals surface area contributed by atoms with Gasteiger partial charge in [-0.15, -0.1) is 0 Å². The summed E-state index contributed by atoms with van der Waals surface area (Å²) in [6, 6.07) is 8.57. The minimum atomic E-state index is 0.484. The maximum absolute atomic E-state index is 5.82. The fourth-order valence-corrected chi connectivity index (χ4v) is 3.98. The lowest BCUT2D eigenvalue weighted by Gasteiger charge is -2.42. The highest BCUT2D eigenvalue weighted by molar-refractivity contribution is 6.32. The lowest BCUT2D eigenvalue weighted by molar-refractivity contribution is 0.116. The van der Waals surface area contributed by atoms with Crippen LogP contribution in [0.4, 0.5) is 0 Å². The van der Waals surface area contributed by atoms with Gasteiger partial charge in [0, 0.05) is 19.0 Å². The molecule has 2 nitrogen and oxygen atoms in total. The first-order chi connectivity index (χ1) is 9.09. The Morgan fingerprint density at radius 1 is 1.05 bits per heavy atom. The molecule has 100 valence electrons. The quantitative estimate of drug-likeness (QED) is 0.695. The minimum absolute atomic E-state index is 0.484. The minimum Gasteiger partial charge on any atom is -0.306 e. The number of likely N-dealkylation sites (tertiary alicyclic amines) is 2. The van der Waals surface area contributed by atoms with Gasteiger partial charge in [0.1, 0.15) is 7.85 Å². The molecule has 2 radical (unpaired) electrons. The molecule has 1 spiro atoms. The van der Waals surface area contributed by atoms with Crippen LogP contribution in [0.25, 0.3) is 0 Å². The predicted molar refractivity (Wildman–Crippen MR) is 81.2 cm³/mol. The molecule has 3 rings (SSSR count). The molecule has 0 amide bonds. The van der Waals surface area contributed by atoms with E-state index in [1.807, 2.05) is 0 Å². The number of piperidine rings is 1. The third kappa shape index (κ3) is 2.46. The van der Waals surface area contributed by atoms with Gasteiger partial charge in [-0.2, -0.15) is 0 Å². The average molecular weight is 254 g/mol. The monoisotopic (exact) mass is 254 g/mol. The van der Waals surface area contributed by atoms with Gasteiger partial charge >= 0.3 is 0 Å². The summed E-state index contributed by atoms with van der Waals surface area (Å²) >= 11 is 0. The third-order valence-corrected chi connectivity index (χ3v) is 5.14. The molecular formula is C16H23BN2. The van der Waals surface area contributed by atoms with Crippen molar-refractivity contribution in [3.63, 3.8) is 0 Å². The van der Waals surface area contributed by atoms with E-state index in [1.54, 1.807) is 0 Å². The van der Waals surface area contributed by atoms with Gasteiger partial charge in [0.25, 0.3) is 0 Å². The highest BCUT2D eigenvalue weighted by Gasteiger charge is 2.46. The first-order valence-corrected chi connectivity index (χ1v) is 7.32. The second-order valence-corrected chi connectivity index (χ2v) is 6.58. The van der Waals surface area contributed by atoms with E-state index in [0.717, 1.165) is 5.46 Å². The van der Waals surface area contributed by atoms with Crippen molar-refractivity contribution < 1.29 is 0 Å². The summed E-state index contributed by atoms with van der Waals surface area (Å²) in [6.45, 7) is 4.90. The molecule has 2 aliphatic rings. The molecule has 2 heterocycles. The van der Waals surface area contributed by atoms with E-state index in [-0.39, 0.29) is 0 Å². The molecule has 2 saturated heterocycles. The SMILES string of the molecule is [B]c1ccc(C2CN(C)CC23CCN(C)CC3)cc1. The van der Waals surface area contributed by atoms with Gasteiger partial charge in [-0.3, -0.25) is 0 Å². The Balaban J connectivity index is 1.88. The fourth-order valence-electron chi connectivity index (χ4n) is 3.98. The molecule has 0 bridgehead atoms. The summed E-state index contributed by atoms with van der Waals surface area (Å²) in [5.74, 6) is 0.673. The van der Waals surface area contributed by atoms with E-state index in [0.29, 0.717) is 11.3 Å². The first kappa shape index (κ1) is 13.2. The second-order valence-electron chi connectivity index (χ2n) is 6.58. The van der Waals surface area contributed by atoms with E-state index in [1.165, 1.54) is 44.6 Å². The summed E-state index contributed by atoms with van der Waals surface area (Å²) in [5, 5.41) is 0. The molecule has 1 aromatic carbocycles. The first-order valence-electron chi connectivity index (χ1n) is 7.32. The predicted octanol–water partition coefficient (Wildman–Crippen LogP) is 1.22. The van der Waals surface area contributed by atoms with Gasteiger partial charge in [0.05, 0.1) is 0 Å². The highest BCUT2D eigenvalue weighted by Crippen LogP contribution is 2.49. The van der Waals surface area contributed by atoms with Crippen molar-refractivity contribution in [2.75, 3.05) is 40.3 Å². The van der Waals surface area contributed by atoms with E-state index in [9.17, 15) is 0 Å². The molecule has 2 aliphatic heterocycles. The van der Waals surface area contributed by atoms with E-state index in [4.69, 9.17) is 7.85 Å². The van der Waals surface area contributed by atoms with Crippen LogP contribution in [0, 0.1) is 5.41 Å². The second kappa shape index (κ2) is 4.95. The van der Waals surface area contributed by atoms with Crippen LogP contribution in [0.5, 0.6) is 0 Å². The molecule has 0 aromatic heterocycles. The van der Waals surface area contributed by atoms with Crippen LogP contribution < -0.4 is 5.46 Å². The van der Waals surface area contributed by atoms with E-state index >= 15 is 0 Å². The zero-order valence-electron chi connectivity index (χ0n) is 12.1. The molecule has 0 saturated carbocycles. The van der Waals surface area contributed by atoms with Crippen LogP contribution in [0.15, 0.2) is 24.3 Å². The molecule has 3 heteroatoms. The van der Waals surface area contributed by atoms with Crippen molar-refractivity contribution >= 4 is 13.3 Å². The summed E-state index contributed by atoms with van der Waals surface area (Å²) in [4.78, 5) is 4.97. The fraction of sp³-hybridized carbons (Fsp3) is 0.625. The van der Waals surface area contributed by atoms with Crippen molar-refractivity contribution in [1.29, 1.82) is 0 Å². The van der Waals surface area contributed by atoms with Gasteiger partial charge in [-0.25, -0.2) is 0 Å². The summed E-state index contributed by atoms with van der Waals surface area (Å²) in [5.41, 5.74) is 2.83. The molecule has 1 aromatic rings. The Hall–Kier alpha value is -0.795. The number of nitrogens with zero attached hydrogens (tertiary/aromatic N) is 2. The molecule has 1 atom stereocenters. The van der Waals surface area contributed by atoms with Gasteiger partial charge in [-0.1, -0.05) is 29.7 Å². The summed E-state index contributed by atoms with van der Waals surface area (Å²) in [6.07, 6.45) is 2.64. The maximum Gasteiger partial charge on any atom is 0.113 e. The molecule has 0 N–H and O–H groups in total. The van der Waals surface area contributed by atoms with Crippen molar-refractivity contribution in [2.24, 2.45) is 5.41 Å². The van der Waals surface area contributed by atoms with Crippen molar-refractivity contribution in [3.05, 3.63) is 29.8 Å². The standard InChI is InChI=1S/C16H23BN2/c1-18-9-7-16(8-10-18)12-19(2)11-15(16)13-3-5-14(17)6-4-13/h3-6,15H,7-12H2,1-2H3. The largest absolute Gasteiger partial charge is 0.306 e. The van der Waals surface area contributed by atoms with Crippen LogP contribution in [-0.4, -0.2) is 57.9 Å². The van der Waals surface area contributed by atoms with Crippen molar-refractivity contribution in [1.82, 2.24) is 9.80 Å². The lowest BCUT2D eigenvalue weighted by atomic mass is 9.68. The van der Waals surface area contributed by atoms with Crippen LogP contribution in [0.2, 0.25) is 0 Å². The molecule has 1 unspecified atom stereocenters. The zero-order chi connectivity index (χ0) is 13.5. The van der Waals surface area contributed by atoms with Crippen LogP contribution in [0.3, 0.4) is 0 Å². The Morgan fingerprint density at radius 2 is 1.68 bits per heavy atom. The van der Waals surface area contributed by atoms with Crippen molar-refractivity contribution in [3.8, 4) is 0 Å². The zero-order valence-corrected chi connectivity index (χ0v) is 12.1.